The molecule has 3 aromatic rings. The molecule has 0 bridgehead atoms. The number of nitrogens with one attached hydrogen (secondary N) is 1. The molecule has 0 saturated carbocycles. The largest absolute Gasteiger partial charge is 0.497 e. The van der Waals surface area contributed by atoms with Gasteiger partial charge in [0.2, 0.25) is 11.8 Å². The maximum Gasteiger partial charge on any atom is 0.265 e. The van der Waals surface area contributed by atoms with Crippen molar-refractivity contribution in [3.05, 3.63) is 70.2 Å². The Morgan fingerprint density at radius 3 is 2.07 bits per heavy atom. The molecule has 0 radical (unpaired) electrons. The molecule has 3 rings (SSSR count). The van der Waals surface area contributed by atoms with Gasteiger partial charge in [0.05, 0.1) is 39.0 Å². The van der Waals surface area contributed by atoms with Crippen molar-refractivity contribution in [2.45, 2.75) is 50.7 Å². The van der Waals surface area contributed by atoms with E-state index in [0.29, 0.717) is 22.1 Å². The molecule has 1 atom stereocenters. The molecule has 3 aromatic carbocycles. The molecule has 46 heavy (non-hydrogen) atoms. The predicted molar refractivity (Wildman–Crippen MR) is 178 cm³/mol. The summed E-state index contributed by atoms with van der Waals surface area (Å²) < 4.78 is 51.4. The van der Waals surface area contributed by atoms with Crippen LogP contribution in [0, 0.1) is 0 Å². The minimum atomic E-state index is -4.49. The van der Waals surface area contributed by atoms with Gasteiger partial charge in [-0.3, -0.25) is 13.9 Å². The number of nitrogens with zero attached hydrogens (tertiary/aromatic N) is 2. The lowest BCUT2D eigenvalue weighted by Crippen LogP contribution is -2.53. The average Bonchev–Trinajstić information content (AvgIpc) is 3.03. The van der Waals surface area contributed by atoms with Crippen molar-refractivity contribution in [2.24, 2.45) is 0 Å². The summed E-state index contributed by atoms with van der Waals surface area (Å²) in [4.78, 5) is 28.9. The van der Waals surface area contributed by atoms with Crippen molar-refractivity contribution in [2.75, 3.05) is 39.3 Å². The molecule has 14 heteroatoms. The van der Waals surface area contributed by atoms with Crippen LogP contribution in [0.4, 0.5) is 5.69 Å². The van der Waals surface area contributed by atoms with E-state index >= 15 is 0 Å². The molecule has 0 heterocycles. The minimum Gasteiger partial charge on any atom is -0.497 e. The van der Waals surface area contributed by atoms with Gasteiger partial charge >= 0.3 is 0 Å². The minimum absolute atomic E-state index is 0.0362. The molecule has 0 saturated heterocycles. The zero-order valence-electron chi connectivity index (χ0n) is 26.8. The molecule has 0 aromatic heterocycles. The van der Waals surface area contributed by atoms with Crippen LogP contribution in [0.3, 0.4) is 0 Å². The van der Waals surface area contributed by atoms with E-state index in [2.05, 4.69) is 5.32 Å². The fourth-order valence-corrected chi connectivity index (χ4v) is 6.64. The molecule has 0 aliphatic rings. The molecule has 2 amide bonds. The Kier molecular flexibility index (Phi) is 12.8. The van der Waals surface area contributed by atoms with Crippen LogP contribution < -0.4 is 28.6 Å². The molecule has 0 aliphatic heterocycles. The van der Waals surface area contributed by atoms with Gasteiger partial charge in [0.15, 0.2) is 11.5 Å². The van der Waals surface area contributed by atoms with Gasteiger partial charge in [0, 0.05) is 34.8 Å². The number of ether oxygens (including phenoxy) is 4. The first kappa shape index (κ1) is 36.6. The summed E-state index contributed by atoms with van der Waals surface area (Å²) in [7, 11) is 1.14. The van der Waals surface area contributed by atoms with Gasteiger partial charge in [-0.2, -0.15) is 0 Å². The normalized spacial score (nSPS) is 11.9. The number of hydrogen-bond acceptors (Lipinski definition) is 8. The second-order valence-electron chi connectivity index (χ2n) is 10.4. The summed E-state index contributed by atoms with van der Waals surface area (Å²) in [6, 6.07) is 12.3. The Bertz CT molecular complexity index is 1650. The van der Waals surface area contributed by atoms with E-state index in [1.165, 1.54) is 69.7 Å². The SMILES string of the molecule is CC[C@@H](C(=O)NC(C)C)N(Cc1ccc(Cl)cc1Cl)C(=O)CN(c1cc(OC)ccc1OC)S(=O)(=O)c1ccc(OC)c(OC)c1. The molecule has 11 nitrogen and oxygen atoms in total. The highest BCUT2D eigenvalue weighted by molar-refractivity contribution is 7.92. The summed E-state index contributed by atoms with van der Waals surface area (Å²) in [5.74, 6) is -0.105. The van der Waals surface area contributed by atoms with E-state index in [1.807, 2.05) is 0 Å². The van der Waals surface area contributed by atoms with Gasteiger partial charge in [0.1, 0.15) is 24.1 Å². The number of hydrogen-bond donors (Lipinski definition) is 1. The summed E-state index contributed by atoms with van der Waals surface area (Å²) in [6.07, 6.45) is 0.237. The summed E-state index contributed by atoms with van der Waals surface area (Å²) >= 11 is 12.6. The zero-order valence-corrected chi connectivity index (χ0v) is 29.1. The number of anilines is 1. The molecule has 0 spiro atoms. The van der Waals surface area contributed by atoms with Crippen LogP contribution in [0.25, 0.3) is 0 Å². The van der Waals surface area contributed by atoms with Crippen LogP contribution in [0.1, 0.15) is 32.8 Å². The lowest BCUT2D eigenvalue weighted by atomic mass is 10.1. The number of amides is 2. The van der Waals surface area contributed by atoms with E-state index < -0.39 is 34.4 Å². The number of methoxy groups -OCH3 is 4. The fourth-order valence-electron chi connectivity index (χ4n) is 4.74. The highest BCUT2D eigenvalue weighted by Gasteiger charge is 2.36. The van der Waals surface area contributed by atoms with Gasteiger partial charge in [-0.1, -0.05) is 36.2 Å². The van der Waals surface area contributed by atoms with Crippen molar-refractivity contribution in [1.29, 1.82) is 0 Å². The topological polar surface area (TPSA) is 124 Å². The van der Waals surface area contributed by atoms with Crippen molar-refractivity contribution < 1.29 is 37.0 Å². The second kappa shape index (κ2) is 16.1. The Labute approximate surface area is 280 Å². The molecule has 250 valence electrons. The monoisotopic (exact) mass is 695 g/mol. The first-order chi connectivity index (χ1) is 21.8. The number of benzene rings is 3. The van der Waals surface area contributed by atoms with Gasteiger partial charge in [-0.15, -0.1) is 0 Å². The fraction of sp³-hybridized carbons (Fsp3) is 0.375. The maximum absolute atomic E-state index is 14.4. The quantitative estimate of drug-likeness (QED) is 0.219. The van der Waals surface area contributed by atoms with Crippen molar-refractivity contribution >= 4 is 50.7 Å². The Balaban J connectivity index is 2.22. The first-order valence-electron chi connectivity index (χ1n) is 14.3. The average molecular weight is 697 g/mol. The highest BCUT2D eigenvalue weighted by atomic mass is 35.5. The van der Waals surface area contributed by atoms with Crippen molar-refractivity contribution in [3.8, 4) is 23.0 Å². The summed E-state index contributed by atoms with van der Waals surface area (Å²) in [5, 5.41) is 3.54. The van der Waals surface area contributed by atoms with Crippen LogP contribution >= 0.6 is 23.2 Å². The smallest absolute Gasteiger partial charge is 0.265 e. The number of halogens is 2. The Hall–Kier alpha value is -3.87. The van der Waals surface area contributed by atoms with Gasteiger partial charge in [0.25, 0.3) is 10.0 Å². The van der Waals surface area contributed by atoms with Crippen LogP contribution in [-0.2, 0) is 26.2 Å². The summed E-state index contributed by atoms with van der Waals surface area (Å²) in [5.41, 5.74) is 0.553. The number of carbonyl (C=O) groups excluding carboxylic acids is 2. The van der Waals surface area contributed by atoms with E-state index in [4.69, 9.17) is 42.1 Å². The zero-order chi connectivity index (χ0) is 34.2. The van der Waals surface area contributed by atoms with Crippen molar-refractivity contribution in [3.63, 3.8) is 0 Å². The number of rotatable bonds is 15. The van der Waals surface area contributed by atoms with Gasteiger partial charge < -0.3 is 29.2 Å². The van der Waals surface area contributed by atoms with E-state index in [0.717, 1.165) is 4.31 Å². The van der Waals surface area contributed by atoms with Gasteiger partial charge in [-0.25, -0.2) is 8.42 Å². The third kappa shape index (κ3) is 8.48. The highest BCUT2D eigenvalue weighted by Crippen LogP contribution is 2.38. The number of sulfonamides is 1. The van der Waals surface area contributed by atoms with E-state index in [-0.39, 0.29) is 46.1 Å². The predicted octanol–water partition coefficient (Wildman–Crippen LogP) is 5.56. The second-order valence-corrected chi connectivity index (χ2v) is 13.1. The molecular formula is C32H39Cl2N3O8S. The van der Waals surface area contributed by atoms with Gasteiger partial charge in [-0.05, 0) is 62.2 Å². The lowest BCUT2D eigenvalue weighted by Gasteiger charge is -2.34. The first-order valence-corrected chi connectivity index (χ1v) is 16.5. The third-order valence-corrected chi connectivity index (χ3v) is 9.39. The standard InChI is InChI=1S/C32H39Cl2N3O8S/c1-8-26(32(39)35-20(2)3)36(18-21-9-10-22(33)15-25(21)34)31(38)19-37(27-16-23(42-4)11-13-28(27)43-5)46(40,41)24-12-14-29(44-6)30(17-24)45-7/h9-17,20,26H,8,18-19H2,1-7H3,(H,35,39)/t26-/m0/s1. The maximum atomic E-state index is 14.4. The lowest BCUT2D eigenvalue weighted by molar-refractivity contribution is -0.140. The van der Waals surface area contributed by atoms with Crippen LogP contribution in [0.2, 0.25) is 10.0 Å². The molecule has 0 aliphatic carbocycles. The Morgan fingerprint density at radius 2 is 1.50 bits per heavy atom. The Morgan fingerprint density at radius 1 is 0.848 bits per heavy atom. The van der Waals surface area contributed by atoms with Crippen LogP contribution in [0.15, 0.2) is 59.5 Å². The van der Waals surface area contributed by atoms with Crippen LogP contribution in [0.5, 0.6) is 23.0 Å². The molecule has 1 N–H and O–H groups in total. The number of carbonyl (C=O) groups is 2. The van der Waals surface area contributed by atoms with E-state index in [9.17, 15) is 18.0 Å². The molecule has 0 unspecified atom stereocenters. The summed E-state index contributed by atoms with van der Waals surface area (Å²) in [6.45, 7) is 4.56. The van der Waals surface area contributed by atoms with E-state index in [1.54, 1.807) is 39.0 Å². The molecule has 0 fully saturated rings. The molecular weight excluding hydrogens is 657 g/mol. The van der Waals surface area contributed by atoms with Crippen molar-refractivity contribution in [1.82, 2.24) is 10.2 Å². The third-order valence-electron chi connectivity index (χ3n) is 7.05. The van der Waals surface area contributed by atoms with Crippen LogP contribution in [-0.4, -0.2) is 72.2 Å².